The Hall–Kier alpha value is -1.20. The second kappa shape index (κ2) is 6.99. The van der Waals surface area contributed by atoms with E-state index in [0.717, 1.165) is 37.6 Å². The van der Waals surface area contributed by atoms with Crippen molar-refractivity contribution in [2.75, 3.05) is 13.1 Å². The van der Waals surface area contributed by atoms with Gasteiger partial charge < -0.3 is 10.6 Å². The van der Waals surface area contributed by atoms with Crippen LogP contribution >= 0.6 is 12.4 Å². The van der Waals surface area contributed by atoms with Crippen LogP contribution in [0.5, 0.6) is 0 Å². The fourth-order valence-corrected chi connectivity index (χ4v) is 2.32. The molecular weight excluding hydrogens is 286 g/mol. The van der Waals surface area contributed by atoms with Crippen molar-refractivity contribution in [1.29, 1.82) is 0 Å². The highest BCUT2D eigenvalue weighted by Crippen LogP contribution is 2.25. The molecule has 1 aliphatic heterocycles. The van der Waals surface area contributed by atoms with Crippen molar-refractivity contribution in [2.24, 2.45) is 5.41 Å². The minimum absolute atomic E-state index is 0. The zero-order valence-electron chi connectivity index (χ0n) is 11.3. The molecule has 1 unspecified atom stereocenters. The Morgan fingerprint density at radius 3 is 2.85 bits per heavy atom. The molecule has 0 spiro atoms. The maximum Gasteiger partial charge on any atom is 0.227 e. The van der Waals surface area contributed by atoms with Gasteiger partial charge in [-0.2, -0.15) is 0 Å². The first-order valence-corrected chi connectivity index (χ1v) is 6.44. The van der Waals surface area contributed by atoms with Crippen LogP contribution in [0, 0.1) is 17.0 Å². The van der Waals surface area contributed by atoms with Crippen molar-refractivity contribution >= 4 is 18.3 Å². The number of carbonyl (C=O) groups is 1. The summed E-state index contributed by atoms with van der Waals surface area (Å²) in [6.07, 6.45) is 1.75. The van der Waals surface area contributed by atoms with Crippen LogP contribution < -0.4 is 10.6 Å². The Balaban J connectivity index is 0.00000200. The third kappa shape index (κ3) is 3.90. The Bertz CT molecular complexity index is 476. The van der Waals surface area contributed by atoms with Crippen molar-refractivity contribution in [3.63, 3.8) is 0 Å². The lowest BCUT2D eigenvalue weighted by molar-refractivity contribution is -0.131. The second-order valence-electron chi connectivity index (χ2n) is 5.26. The smallest absolute Gasteiger partial charge is 0.227 e. The number of piperidine rings is 1. The lowest BCUT2D eigenvalue weighted by Gasteiger charge is -2.32. The third-order valence-electron chi connectivity index (χ3n) is 3.59. The molecule has 1 heterocycles. The van der Waals surface area contributed by atoms with E-state index in [4.69, 9.17) is 0 Å². The SMILES string of the molecule is CC1(C(=O)NCc2cc(F)ccc2F)CCCNC1.Cl. The van der Waals surface area contributed by atoms with Gasteiger partial charge in [0.05, 0.1) is 5.41 Å². The van der Waals surface area contributed by atoms with Crippen molar-refractivity contribution in [2.45, 2.75) is 26.3 Å². The van der Waals surface area contributed by atoms with Crippen LogP contribution in [0.4, 0.5) is 8.78 Å². The summed E-state index contributed by atoms with van der Waals surface area (Å²) in [7, 11) is 0. The van der Waals surface area contributed by atoms with Crippen molar-refractivity contribution in [3.05, 3.63) is 35.4 Å². The Morgan fingerprint density at radius 2 is 2.20 bits per heavy atom. The van der Waals surface area contributed by atoms with Crippen LogP contribution in [0.3, 0.4) is 0 Å². The molecule has 1 amide bonds. The van der Waals surface area contributed by atoms with Crippen LogP contribution in [0.2, 0.25) is 0 Å². The molecule has 6 heteroatoms. The number of hydrogen-bond acceptors (Lipinski definition) is 2. The number of amides is 1. The van der Waals surface area contributed by atoms with Gasteiger partial charge in [0.25, 0.3) is 0 Å². The highest BCUT2D eigenvalue weighted by atomic mass is 35.5. The van der Waals surface area contributed by atoms with E-state index in [1.807, 2.05) is 6.92 Å². The molecule has 1 saturated heterocycles. The van der Waals surface area contributed by atoms with Crippen molar-refractivity contribution in [1.82, 2.24) is 10.6 Å². The van der Waals surface area contributed by atoms with E-state index in [1.165, 1.54) is 0 Å². The molecule has 1 aromatic carbocycles. The third-order valence-corrected chi connectivity index (χ3v) is 3.59. The van der Waals surface area contributed by atoms with E-state index in [9.17, 15) is 13.6 Å². The molecule has 112 valence electrons. The van der Waals surface area contributed by atoms with Gasteiger partial charge in [-0.25, -0.2) is 8.78 Å². The standard InChI is InChI=1S/C14H18F2N2O.ClH/c1-14(5-2-6-17-9-14)13(19)18-8-10-7-11(15)3-4-12(10)16;/h3-4,7,17H,2,5-6,8-9H2,1H3,(H,18,19);1H. The van der Waals surface area contributed by atoms with Gasteiger partial charge in [0.15, 0.2) is 0 Å². The van der Waals surface area contributed by atoms with Gasteiger partial charge in [-0.05, 0) is 44.5 Å². The second-order valence-corrected chi connectivity index (χ2v) is 5.26. The number of hydrogen-bond donors (Lipinski definition) is 2. The number of carbonyl (C=O) groups excluding carboxylic acids is 1. The van der Waals surface area contributed by atoms with Crippen LogP contribution in [-0.4, -0.2) is 19.0 Å². The average molecular weight is 305 g/mol. The zero-order valence-corrected chi connectivity index (χ0v) is 12.2. The lowest BCUT2D eigenvalue weighted by Crippen LogP contribution is -2.48. The lowest BCUT2D eigenvalue weighted by atomic mass is 9.82. The van der Waals surface area contributed by atoms with Crippen LogP contribution in [0.25, 0.3) is 0 Å². The maximum atomic E-state index is 13.4. The van der Waals surface area contributed by atoms with E-state index >= 15 is 0 Å². The monoisotopic (exact) mass is 304 g/mol. The van der Waals surface area contributed by atoms with Crippen LogP contribution in [0.15, 0.2) is 18.2 Å². The normalized spacial score (nSPS) is 21.9. The summed E-state index contributed by atoms with van der Waals surface area (Å²) in [5, 5.41) is 5.87. The summed E-state index contributed by atoms with van der Waals surface area (Å²) in [6, 6.07) is 3.24. The van der Waals surface area contributed by atoms with E-state index < -0.39 is 17.0 Å². The van der Waals surface area contributed by atoms with E-state index in [1.54, 1.807) is 0 Å². The van der Waals surface area contributed by atoms with Gasteiger partial charge in [-0.15, -0.1) is 12.4 Å². The summed E-state index contributed by atoms with van der Waals surface area (Å²) < 4.78 is 26.4. The predicted molar refractivity (Wildman–Crippen MR) is 75.7 cm³/mol. The molecule has 0 saturated carbocycles. The van der Waals surface area contributed by atoms with E-state index in [0.29, 0.717) is 6.54 Å². The zero-order chi connectivity index (χ0) is 13.9. The van der Waals surface area contributed by atoms with Crippen LogP contribution in [0.1, 0.15) is 25.3 Å². The number of benzene rings is 1. The van der Waals surface area contributed by atoms with Crippen LogP contribution in [-0.2, 0) is 11.3 Å². The van der Waals surface area contributed by atoms with Crippen molar-refractivity contribution < 1.29 is 13.6 Å². The summed E-state index contributed by atoms with van der Waals surface area (Å²) in [6.45, 7) is 3.43. The Kier molecular flexibility index (Phi) is 5.89. The number of nitrogens with one attached hydrogen (secondary N) is 2. The first-order chi connectivity index (χ1) is 9.01. The molecule has 3 nitrogen and oxygen atoms in total. The Labute approximate surface area is 123 Å². The molecule has 0 aromatic heterocycles. The van der Waals surface area contributed by atoms with Gasteiger partial charge in [0.2, 0.25) is 5.91 Å². The predicted octanol–water partition coefficient (Wildman–Crippen LogP) is 2.39. The number of halogens is 3. The quantitative estimate of drug-likeness (QED) is 0.900. The van der Waals surface area contributed by atoms with Gasteiger partial charge in [-0.3, -0.25) is 4.79 Å². The van der Waals surface area contributed by atoms with E-state index in [-0.39, 0.29) is 30.4 Å². The number of rotatable bonds is 3. The molecule has 0 radical (unpaired) electrons. The molecule has 1 atom stereocenters. The van der Waals surface area contributed by atoms with Gasteiger partial charge in [0, 0.05) is 18.7 Å². The molecule has 20 heavy (non-hydrogen) atoms. The summed E-state index contributed by atoms with van der Waals surface area (Å²) in [5.74, 6) is -1.13. The Morgan fingerprint density at radius 1 is 1.45 bits per heavy atom. The summed E-state index contributed by atoms with van der Waals surface area (Å²) in [4.78, 5) is 12.1. The highest BCUT2D eigenvalue weighted by molar-refractivity contribution is 5.85. The largest absolute Gasteiger partial charge is 0.351 e. The molecule has 1 aliphatic rings. The minimum Gasteiger partial charge on any atom is -0.351 e. The van der Waals surface area contributed by atoms with Gasteiger partial charge in [0.1, 0.15) is 11.6 Å². The topological polar surface area (TPSA) is 41.1 Å². The first-order valence-electron chi connectivity index (χ1n) is 6.44. The average Bonchev–Trinajstić information content (AvgIpc) is 2.40. The summed E-state index contributed by atoms with van der Waals surface area (Å²) >= 11 is 0. The molecule has 0 bridgehead atoms. The van der Waals surface area contributed by atoms with Crippen molar-refractivity contribution in [3.8, 4) is 0 Å². The molecule has 2 N–H and O–H groups in total. The first kappa shape index (κ1) is 16.9. The summed E-state index contributed by atoms with van der Waals surface area (Å²) in [5.41, 5.74) is -0.303. The van der Waals surface area contributed by atoms with E-state index in [2.05, 4.69) is 10.6 Å². The minimum atomic E-state index is -0.506. The highest BCUT2D eigenvalue weighted by Gasteiger charge is 2.34. The maximum absolute atomic E-state index is 13.4. The fourth-order valence-electron chi connectivity index (χ4n) is 2.32. The molecule has 1 fully saturated rings. The molecule has 1 aromatic rings. The fraction of sp³-hybridized carbons (Fsp3) is 0.500. The molecule has 2 rings (SSSR count). The van der Waals surface area contributed by atoms with Gasteiger partial charge >= 0.3 is 0 Å². The molecular formula is C14H19ClF2N2O. The molecule has 0 aliphatic carbocycles. The van der Waals surface area contributed by atoms with Gasteiger partial charge in [-0.1, -0.05) is 0 Å².